The molecule has 0 atom stereocenters. The highest BCUT2D eigenvalue weighted by Crippen LogP contribution is 2.35. The maximum atomic E-state index is 12.4. The smallest absolute Gasteiger partial charge is 0.254 e. The number of anilines is 1. The monoisotopic (exact) mass is 452 g/mol. The quantitative estimate of drug-likeness (QED) is 0.765. The summed E-state index contributed by atoms with van der Waals surface area (Å²) < 4.78 is 11.8. The molecule has 27 heavy (non-hydrogen) atoms. The molecule has 2 aromatic carbocycles. The van der Waals surface area contributed by atoms with Crippen molar-refractivity contribution in [1.29, 1.82) is 0 Å². The first-order valence-corrected chi connectivity index (χ1v) is 9.41. The average molecular weight is 454 g/mol. The highest BCUT2D eigenvalue weighted by Gasteiger charge is 2.17. The topological polar surface area (TPSA) is 67.9 Å². The fraction of sp³-hybridized carbons (Fsp3) is 0.263. The van der Waals surface area contributed by atoms with E-state index >= 15 is 0 Å². The molecule has 0 radical (unpaired) electrons. The van der Waals surface area contributed by atoms with E-state index in [1.165, 1.54) is 4.90 Å². The standard InChI is InChI=1S/C19H18BrClN2O4/c1-23(2)19(25)13-4-3-12(9-15(13)21)22-18(24)8-11-7-16-17(10-14(11)20)27-6-5-26-16/h3-4,7,9-10H,5-6,8H2,1-2H3,(H,22,24). The number of amides is 2. The van der Waals surface area contributed by atoms with Gasteiger partial charge in [0.25, 0.3) is 5.91 Å². The summed E-state index contributed by atoms with van der Waals surface area (Å²) in [5.74, 6) is 0.875. The Kier molecular flexibility index (Phi) is 5.92. The molecule has 0 aromatic heterocycles. The number of nitrogens with zero attached hydrogens (tertiary/aromatic N) is 1. The van der Waals surface area contributed by atoms with Gasteiger partial charge in [-0.2, -0.15) is 0 Å². The molecule has 0 unspecified atom stereocenters. The molecule has 1 aliphatic heterocycles. The zero-order valence-corrected chi connectivity index (χ0v) is 17.2. The second kappa shape index (κ2) is 8.19. The van der Waals surface area contributed by atoms with Crippen molar-refractivity contribution < 1.29 is 19.1 Å². The molecule has 142 valence electrons. The number of nitrogens with one attached hydrogen (secondary N) is 1. The Morgan fingerprint density at radius 2 is 1.81 bits per heavy atom. The molecule has 0 bridgehead atoms. The summed E-state index contributed by atoms with van der Waals surface area (Å²) in [6.07, 6.45) is 0.146. The van der Waals surface area contributed by atoms with Gasteiger partial charge in [-0.3, -0.25) is 9.59 Å². The zero-order chi connectivity index (χ0) is 19.6. The van der Waals surface area contributed by atoms with Crippen LogP contribution in [-0.4, -0.2) is 44.0 Å². The van der Waals surface area contributed by atoms with E-state index in [1.807, 2.05) is 0 Å². The van der Waals surface area contributed by atoms with Gasteiger partial charge in [-0.15, -0.1) is 0 Å². The van der Waals surface area contributed by atoms with E-state index in [9.17, 15) is 9.59 Å². The molecule has 2 aromatic rings. The van der Waals surface area contributed by atoms with Crippen LogP contribution in [0.2, 0.25) is 5.02 Å². The molecule has 6 nitrogen and oxygen atoms in total. The largest absolute Gasteiger partial charge is 0.486 e. The molecule has 1 N–H and O–H groups in total. The van der Waals surface area contributed by atoms with E-state index in [0.717, 1.165) is 10.0 Å². The van der Waals surface area contributed by atoms with Gasteiger partial charge in [0.05, 0.1) is 17.0 Å². The summed E-state index contributed by atoms with van der Waals surface area (Å²) in [6, 6.07) is 8.41. The lowest BCUT2D eigenvalue weighted by molar-refractivity contribution is -0.115. The van der Waals surface area contributed by atoms with Crippen molar-refractivity contribution in [2.24, 2.45) is 0 Å². The number of hydrogen-bond acceptors (Lipinski definition) is 4. The van der Waals surface area contributed by atoms with Gasteiger partial charge < -0.3 is 19.7 Å². The van der Waals surface area contributed by atoms with Gasteiger partial charge in [0.1, 0.15) is 13.2 Å². The summed E-state index contributed by atoms with van der Waals surface area (Å²) in [6.45, 7) is 0.989. The van der Waals surface area contributed by atoms with Crippen LogP contribution in [0, 0.1) is 0 Å². The highest BCUT2D eigenvalue weighted by molar-refractivity contribution is 9.10. The average Bonchev–Trinajstić information content (AvgIpc) is 2.62. The number of carbonyl (C=O) groups is 2. The fourth-order valence-corrected chi connectivity index (χ4v) is 3.35. The summed E-state index contributed by atoms with van der Waals surface area (Å²) in [5.41, 5.74) is 1.69. The van der Waals surface area contributed by atoms with Crippen LogP contribution in [0.1, 0.15) is 15.9 Å². The minimum atomic E-state index is -0.213. The molecule has 1 aliphatic rings. The minimum Gasteiger partial charge on any atom is -0.486 e. The Balaban J connectivity index is 1.71. The van der Waals surface area contributed by atoms with Crippen molar-refractivity contribution in [3.63, 3.8) is 0 Å². The Hall–Kier alpha value is -2.25. The van der Waals surface area contributed by atoms with E-state index in [-0.39, 0.29) is 23.3 Å². The second-order valence-corrected chi connectivity index (χ2v) is 7.47. The lowest BCUT2D eigenvalue weighted by Gasteiger charge is -2.20. The number of rotatable bonds is 4. The zero-order valence-electron chi connectivity index (χ0n) is 14.8. The number of benzene rings is 2. The Labute approximate surface area is 170 Å². The summed E-state index contributed by atoms with van der Waals surface area (Å²) in [7, 11) is 3.30. The third-order valence-electron chi connectivity index (χ3n) is 3.95. The summed E-state index contributed by atoms with van der Waals surface area (Å²) in [4.78, 5) is 25.9. The molecule has 1 heterocycles. The third kappa shape index (κ3) is 4.54. The first-order valence-electron chi connectivity index (χ1n) is 8.24. The van der Waals surface area contributed by atoms with Crippen molar-refractivity contribution in [3.05, 3.63) is 51.0 Å². The molecule has 0 saturated carbocycles. The molecule has 0 spiro atoms. The predicted octanol–water partition coefficient (Wildman–Crippen LogP) is 3.76. The number of carbonyl (C=O) groups excluding carboxylic acids is 2. The Morgan fingerprint density at radius 1 is 1.15 bits per heavy atom. The van der Waals surface area contributed by atoms with Crippen molar-refractivity contribution in [2.45, 2.75) is 6.42 Å². The first-order chi connectivity index (χ1) is 12.8. The van der Waals surface area contributed by atoms with Crippen molar-refractivity contribution in [3.8, 4) is 11.5 Å². The summed E-state index contributed by atoms with van der Waals surface area (Å²) >= 11 is 9.64. The normalized spacial score (nSPS) is 12.4. The molecule has 0 saturated heterocycles. The predicted molar refractivity (Wildman–Crippen MR) is 107 cm³/mol. The maximum Gasteiger partial charge on any atom is 0.254 e. The van der Waals surface area contributed by atoms with Crippen LogP contribution in [0.4, 0.5) is 5.69 Å². The van der Waals surface area contributed by atoms with E-state index in [4.69, 9.17) is 21.1 Å². The van der Waals surface area contributed by atoms with Crippen LogP contribution >= 0.6 is 27.5 Å². The Morgan fingerprint density at radius 3 is 2.44 bits per heavy atom. The van der Waals surface area contributed by atoms with Gasteiger partial charge >= 0.3 is 0 Å². The number of hydrogen-bond donors (Lipinski definition) is 1. The number of halogens is 2. The van der Waals surface area contributed by atoms with E-state index in [2.05, 4.69) is 21.2 Å². The van der Waals surface area contributed by atoms with E-state index in [0.29, 0.717) is 36.0 Å². The van der Waals surface area contributed by atoms with E-state index in [1.54, 1.807) is 44.4 Å². The second-order valence-electron chi connectivity index (χ2n) is 6.21. The molecule has 2 amide bonds. The van der Waals surface area contributed by atoms with Crippen LogP contribution in [-0.2, 0) is 11.2 Å². The molecular weight excluding hydrogens is 436 g/mol. The SMILES string of the molecule is CN(C)C(=O)c1ccc(NC(=O)Cc2cc3c(cc2Br)OCCO3)cc1Cl. The van der Waals surface area contributed by atoms with Gasteiger partial charge in [0.2, 0.25) is 5.91 Å². The minimum absolute atomic E-state index is 0.146. The van der Waals surface area contributed by atoms with Crippen molar-refractivity contribution in [2.75, 3.05) is 32.6 Å². The number of ether oxygens (including phenoxy) is 2. The lowest BCUT2D eigenvalue weighted by atomic mass is 10.1. The highest BCUT2D eigenvalue weighted by atomic mass is 79.9. The van der Waals surface area contributed by atoms with Crippen LogP contribution in [0.3, 0.4) is 0 Å². The van der Waals surface area contributed by atoms with Crippen LogP contribution in [0.5, 0.6) is 11.5 Å². The van der Waals surface area contributed by atoms with Crippen LogP contribution in [0.25, 0.3) is 0 Å². The van der Waals surface area contributed by atoms with Crippen LogP contribution in [0.15, 0.2) is 34.8 Å². The van der Waals surface area contributed by atoms with Crippen LogP contribution < -0.4 is 14.8 Å². The maximum absolute atomic E-state index is 12.4. The number of fused-ring (bicyclic) bond motifs is 1. The molecular formula is C19H18BrClN2O4. The van der Waals surface area contributed by atoms with Gasteiger partial charge in [-0.1, -0.05) is 27.5 Å². The first kappa shape index (κ1) is 19.5. The van der Waals surface area contributed by atoms with Gasteiger partial charge in [-0.25, -0.2) is 0 Å². The third-order valence-corrected chi connectivity index (χ3v) is 5.00. The van der Waals surface area contributed by atoms with Crippen molar-refractivity contribution >= 4 is 45.0 Å². The van der Waals surface area contributed by atoms with Gasteiger partial charge in [0.15, 0.2) is 11.5 Å². The molecule has 3 rings (SSSR count). The Bertz CT molecular complexity index is 902. The van der Waals surface area contributed by atoms with Crippen molar-refractivity contribution in [1.82, 2.24) is 4.90 Å². The van der Waals surface area contributed by atoms with Gasteiger partial charge in [0, 0.05) is 24.3 Å². The van der Waals surface area contributed by atoms with E-state index < -0.39 is 0 Å². The van der Waals surface area contributed by atoms with Gasteiger partial charge in [-0.05, 0) is 35.9 Å². The summed E-state index contributed by atoms with van der Waals surface area (Å²) in [5, 5.41) is 3.08. The lowest BCUT2D eigenvalue weighted by Crippen LogP contribution is -2.22. The molecule has 8 heteroatoms. The molecule has 0 aliphatic carbocycles. The molecule has 0 fully saturated rings. The fourth-order valence-electron chi connectivity index (χ4n) is 2.63.